The molecule has 102 valence electrons. The SMILES string of the molecule is CS(=O)(=O)NCCCNCc1ccc(Cl)c(F)c1. The zero-order chi connectivity index (χ0) is 13.6. The number of hydrogen-bond donors (Lipinski definition) is 2. The molecule has 2 N–H and O–H groups in total. The number of halogens is 2. The summed E-state index contributed by atoms with van der Waals surface area (Å²) in [4.78, 5) is 0. The van der Waals surface area contributed by atoms with Crippen LogP contribution in [0.1, 0.15) is 12.0 Å². The molecular weight excluding hydrogens is 279 g/mol. The van der Waals surface area contributed by atoms with Crippen LogP contribution in [0, 0.1) is 5.82 Å². The molecule has 0 saturated heterocycles. The van der Waals surface area contributed by atoms with Crippen molar-refractivity contribution in [1.82, 2.24) is 10.0 Å². The predicted octanol–water partition coefficient (Wildman–Crippen LogP) is 1.51. The van der Waals surface area contributed by atoms with Gasteiger partial charge in [-0.15, -0.1) is 0 Å². The Morgan fingerprint density at radius 2 is 2.06 bits per heavy atom. The van der Waals surface area contributed by atoms with Crippen LogP contribution >= 0.6 is 11.6 Å². The van der Waals surface area contributed by atoms with E-state index in [4.69, 9.17) is 11.6 Å². The van der Waals surface area contributed by atoms with E-state index in [0.717, 1.165) is 11.8 Å². The topological polar surface area (TPSA) is 58.2 Å². The zero-order valence-corrected chi connectivity index (χ0v) is 11.6. The molecule has 1 aromatic rings. The minimum absolute atomic E-state index is 0.108. The first-order chi connectivity index (χ1) is 8.38. The van der Waals surface area contributed by atoms with Gasteiger partial charge in [0, 0.05) is 13.1 Å². The second-order valence-corrected chi connectivity index (χ2v) is 6.19. The van der Waals surface area contributed by atoms with E-state index in [1.807, 2.05) is 0 Å². The highest BCUT2D eigenvalue weighted by molar-refractivity contribution is 7.88. The number of rotatable bonds is 7. The Balaban J connectivity index is 2.20. The third-order valence-electron chi connectivity index (χ3n) is 2.21. The lowest BCUT2D eigenvalue weighted by molar-refractivity contribution is 0.578. The summed E-state index contributed by atoms with van der Waals surface area (Å²) in [7, 11) is -3.12. The lowest BCUT2D eigenvalue weighted by Crippen LogP contribution is -2.26. The first-order valence-corrected chi connectivity index (χ1v) is 7.75. The van der Waals surface area contributed by atoms with Crippen molar-refractivity contribution in [3.63, 3.8) is 0 Å². The Kier molecular flexibility index (Phi) is 6.01. The third-order valence-corrected chi connectivity index (χ3v) is 3.24. The molecule has 18 heavy (non-hydrogen) atoms. The van der Waals surface area contributed by atoms with Crippen molar-refractivity contribution in [2.75, 3.05) is 19.3 Å². The summed E-state index contributed by atoms with van der Waals surface area (Å²) >= 11 is 5.57. The van der Waals surface area contributed by atoms with E-state index in [-0.39, 0.29) is 5.02 Å². The number of benzene rings is 1. The van der Waals surface area contributed by atoms with Crippen molar-refractivity contribution in [3.05, 3.63) is 34.6 Å². The van der Waals surface area contributed by atoms with Gasteiger partial charge in [0.25, 0.3) is 0 Å². The monoisotopic (exact) mass is 294 g/mol. The highest BCUT2D eigenvalue weighted by atomic mass is 35.5. The molecule has 0 unspecified atom stereocenters. The smallest absolute Gasteiger partial charge is 0.208 e. The number of sulfonamides is 1. The van der Waals surface area contributed by atoms with Gasteiger partial charge in [0.05, 0.1) is 11.3 Å². The fourth-order valence-corrected chi connectivity index (χ4v) is 1.99. The molecule has 0 amide bonds. The van der Waals surface area contributed by atoms with Crippen molar-refractivity contribution >= 4 is 21.6 Å². The van der Waals surface area contributed by atoms with Gasteiger partial charge in [-0.05, 0) is 30.7 Å². The molecule has 1 rings (SSSR count). The molecule has 0 aromatic heterocycles. The highest BCUT2D eigenvalue weighted by Crippen LogP contribution is 2.15. The average Bonchev–Trinajstić information content (AvgIpc) is 2.26. The van der Waals surface area contributed by atoms with Gasteiger partial charge >= 0.3 is 0 Å². The maximum Gasteiger partial charge on any atom is 0.208 e. The van der Waals surface area contributed by atoms with Crippen LogP contribution in [0.5, 0.6) is 0 Å². The molecule has 0 aliphatic carbocycles. The van der Waals surface area contributed by atoms with Crippen molar-refractivity contribution in [1.29, 1.82) is 0 Å². The predicted molar refractivity (Wildman–Crippen MR) is 70.6 cm³/mol. The lowest BCUT2D eigenvalue weighted by Gasteiger charge is -2.06. The van der Waals surface area contributed by atoms with Gasteiger partial charge in [0.1, 0.15) is 5.82 Å². The Labute approximate surface area is 112 Å². The molecule has 0 fully saturated rings. The first-order valence-electron chi connectivity index (χ1n) is 5.48. The molecule has 0 spiro atoms. The zero-order valence-electron chi connectivity index (χ0n) is 10.0. The molecule has 0 heterocycles. The van der Waals surface area contributed by atoms with Gasteiger partial charge in [-0.25, -0.2) is 17.5 Å². The van der Waals surface area contributed by atoms with Crippen LogP contribution in [0.3, 0.4) is 0 Å². The van der Waals surface area contributed by atoms with Crippen molar-refractivity contribution in [2.24, 2.45) is 0 Å². The van der Waals surface area contributed by atoms with E-state index in [0.29, 0.717) is 26.1 Å². The van der Waals surface area contributed by atoms with Gasteiger partial charge in [-0.1, -0.05) is 17.7 Å². The van der Waals surface area contributed by atoms with Gasteiger partial charge < -0.3 is 5.32 Å². The second kappa shape index (κ2) is 7.04. The van der Waals surface area contributed by atoms with Crippen LogP contribution in [0.25, 0.3) is 0 Å². The summed E-state index contributed by atoms with van der Waals surface area (Å²) in [6.45, 7) is 1.56. The van der Waals surface area contributed by atoms with Crippen molar-refractivity contribution in [2.45, 2.75) is 13.0 Å². The molecule has 0 atom stereocenters. The van der Waals surface area contributed by atoms with Crippen LogP contribution in [-0.2, 0) is 16.6 Å². The van der Waals surface area contributed by atoms with Crippen molar-refractivity contribution < 1.29 is 12.8 Å². The summed E-state index contributed by atoms with van der Waals surface area (Å²) in [5.41, 5.74) is 0.799. The quantitative estimate of drug-likeness (QED) is 0.750. The molecule has 0 aliphatic heterocycles. The molecule has 0 radical (unpaired) electrons. The molecule has 0 saturated carbocycles. The van der Waals surface area contributed by atoms with Crippen LogP contribution in [0.4, 0.5) is 4.39 Å². The average molecular weight is 295 g/mol. The van der Waals surface area contributed by atoms with Crippen LogP contribution in [-0.4, -0.2) is 27.8 Å². The maximum atomic E-state index is 13.1. The van der Waals surface area contributed by atoms with Gasteiger partial charge in [-0.2, -0.15) is 0 Å². The minimum Gasteiger partial charge on any atom is -0.313 e. The maximum absolute atomic E-state index is 13.1. The summed E-state index contributed by atoms with van der Waals surface area (Å²) in [6.07, 6.45) is 1.79. The lowest BCUT2D eigenvalue weighted by atomic mass is 10.2. The molecule has 7 heteroatoms. The van der Waals surface area contributed by atoms with Gasteiger partial charge in [-0.3, -0.25) is 0 Å². The summed E-state index contributed by atoms with van der Waals surface area (Å²) in [6, 6.07) is 4.64. The Bertz CT molecular complexity index is 494. The highest BCUT2D eigenvalue weighted by Gasteiger charge is 2.01. The summed E-state index contributed by atoms with van der Waals surface area (Å²) in [5.74, 6) is -0.435. The van der Waals surface area contributed by atoms with Gasteiger partial charge in [0.2, 0.25) is 10.0 Å². The van der Waals surface area contributed by atoms with Crippen molar-refractivity contribution in [3.8, 4) is 0 Å². The molecule has 4 nitrogen and oxygen atoms in total. The van der Waals surface area contributed by atoms with E-state index in [1.165, 1.54) is 12.1 Å². The fraction of sp³-hybridized carbons (Fsp3) is 0.455. The third kappa shape index (κ3) is 6.30. The summed E-state index contributed by atoms with van der Waals surface area (Å²) in [5, 5.41) is 3.20. The van der Waals surface area contributed by atoms with Crippen LogP contribution < -0.4 is 10.0 Å². The van der Waals surface area contributed by atoms with E-state index < -0.39 is 15.8 Å². The first kappa shape index (κ1) is 15.4. The number of nitrogens with one attached hydrogen (secondary N) is 2. The molecular formula is C11H16ClFN2O2S. The Morgan fingerprint density at radius 1 is 1.33 bits per heavy atom. The fourth-order valence-electron chi connectivity index (χ4n) is 1.35. The van der Waals surface area contributed by atoms with E-state index in [2.05, 4.69) is 10.0 Å². The molecule has 0 bridgehead atoms. The van der Waals surface area contributed by atoms with Gasteiger partial charge in [0.15, 0.2) is 0 Å². The minimum atomic E-state index is -3.12. The van der Waals surface area contributed by atoms with E-state index in [1.54, 1.807) is 6.07 Å². The standard InChI is InChI=1S/C11H16ClFN2O2S/c1-18(16,17)15-6-2-5-14-8-9-3-4-10(12)11(13)7-9/h3-4,7,14-15H,2,5-6,8H2,1H3. The van der Waals surface area contributed by atoms with Crippen LogP contribution in [0.2, 0.25) is 5.02 Å². The van der Waals surface area contributed by atoms with E-state index in [9.17, 15) is 12.8 Å². The summed E-state index contributed by atoms with van der Waals surface area (Å²) < 4.78 is 37.0. The normalized spacial score (nSPS) is 11.7. The Morgan fingerprint density at radius 3 is 2.67 bits per heavy atom. The molecule has 0 aliphatic rings. The van der Waals surface area contributed by atoms with Crippen LogP contribution in [0.15, 0.2) is 18.2 Å². The largest absolute Gasteiger partial charge is 0.313 e. The van der Waals surface area contributed by atoms with E-state index >= 15 is 0 Å². The molecule has 1 aromatic carbocycles. The number of hydrogen-bond acceptors (Lipinski definition) is 3. The Hall–Kier alpha value is -0.690. The second-order valence-electron chi connectivity index (χ2n) is 3.95.